The van der Waals surface area contributed by atoms with Crippen molar-refractivity contribution in [1.29, 1.82) is 0 Å². The summed E-state index contributed by atoms with van der Waals surface area (Å²) in [5.74, 6) is 8.24. The van der Waals surface area contributed by atoms with Crippen LogP contribution < -0.4 is 11.3 Å². The van der Waals surface area contributed by atoms with E-state index < -0.39 is 0 Å². The zero-order valence-electron chi connectivity index (χ0n) is 11.9. The quantitative estimate of drug-likeness (QED) is 0.342. The largest absolute Gasteiger partial charge is 0.342 e. The topological polar surface area (TPSA) is 53.6 Å². The number of hydrogen-bond acceptors (Lipinski definition) is 2. The molecule has 0 bridgehead atoms. The molecule has 0 unspecified atom stereocenters. The first kappa shape index (κ1) is 13.7. The van der Waals surface area contributed by atoms with E-state index in [9.17, 15) is 0 Å². The van der Waals surface area contributed by atoms with Crippen LogP contribution in [-0.2, 0) is 0 Å². The highest BCUT2D eigenvalue weighted by Gasteiger charge is 2.24. The maximum atomic E-state index is 5.65. The van der Waals surface area contributed by atoms with Gasteiger partial charge in [0.2, 0.25) is 5.96 Å². The molecule has 0 amide bonds. The molecule has 3 N–H and O–H groups in total. The van der Waals surface area contributed by atoms with E-state index in [1.165, 1.54) is 38.5 Å². The predicted octanol–water partition coefficient (Wildman–Crippen LogP) is 2.12. The van der Waals surface area contributed by atoms with Gasteiger partial charge < -0.3 is 4.90 Å². The van der Waals surface area contributed by atoms with Crippen LogP contribution in [0.3, 0.4) is 0 Å². The summed E-state index contributed by atoms with van der Waals surface area (Å²) in [6, 6.07) is 0.499. The van der Waals surface area contributed by atoms with Crippen molar-refractivity contribution in [2.75, 3.05) is 13.1 Å². The Morgan fingerprint density at radius 3 is 2.28 bits per heavy atom. The molecule has 4 nitrogen and oxygen atoms in total. The zero-order chi connectivity index (χ0) is 13.0. The van der Waals surface area contributed by atoms with E-state index in [2.05, 4.69) is 24.2 Å². The minimum atomic E-state index is 0.499. The fourth-order valence-corrected chi connectivity index (χ4v) is 3.19. The lowest BCUT2D eigenvalue weighted by molar-refractivity contribution is 0.215. The molecule has 1 aliphatic heterocycles. The van der Waals surface area contributed by atoms with E-state index in [0.717, 1.165) is 30.9 Å². The highest BCUT2D eigenvalue weighted by atomic mass is 15.4. The third-order valence-electron chi connectivity index (χ3n) is 4.54. The molecule has 0 radical (unpaired) electrons. The first-order chi connectivity index (χ1) is 8.70. The van der Waals surface area contributed by atoms with Gasteiger partial charge in [-0.15, -0.1) is 0 Å². The predicted molar refractivity (Wildman–Crippen MR) is 76.1 cm³/mol. The summed E-state index contributed by atoms with van der Waals surface area (Å²) in [4.78, 5) is 7.12. The number of nitrogens with one attached hydrogen (secondary N) is 1. The van der Waals surface area contributed by atoms with Crippen LogP contribution >= 0.6 is 0 Å². The van der Waals surface area contributed by atoms with Gasteiger partial charge >= 0.3 is 0 Å². The van der Waals surface area contributed by atoms with Crippen LogP contribution in [0.5, 0.6) is 0 Å². The second-order valence-corrected chi connectivity index (χ2v) is 6.10. The lowest BCUT2D eigenvalue weighted by atomic mass is 9.87. The Kier molecular flexibility index (Phi) is 4.87. The van der Waals surface area contributed by atoms with E-state index in [-0.39, 0.29) is 0 Å². The van der Waals surface area contributed by atoms with E-state index in [1.54, 1.807) is 0 Å². The number of nitrogens with two attached hydrogens (primary N) is 1. The molecule has 0 aromatic carbocycles. The summed E-state index contributed by atoms with van der Waals surface area (Å²) in [7, 11) is 0. The fraction of sp³-hybridized carbons (Fsp3) is 0.929. The normalized spacial score (nSPS) is 24.0. The lowest BCUT2D eigenvalue weighted by Gasteiger charge is -2.35. The molecular formula is C14H28N4. The molecule has 104 valence electrons. The third kappa shape index (κ3) is 3.37. The number of likely N-dealkylation sites (tertiary alicyclic amines) is 1. The zero-order valence-corrected chi connectivity index (χ0v) is 11.9. The Morgan fingerprint density at radius 2 is 1.78 bits per heavy atom. The number of hydrogen-bond donors (Lipinski definition) is 2. The van der Waals surface area contributed by atoms with Crippen LogP contribution in [0, 0.1) is 11.8 Å². The molecule has 1 saturated carbocycles. The molecule has 0 aromatic rings. The van der Waals surface area contributed by atoms with Crippen LogP contribution in [0.1, 0.15) is 52.4 Å². The number of aliphatic imine (C=N–C) groups is 1. The number of hydrazine groups is 1. The van der Waals surface area contributed by atoms with Gasteiger partial charge in [-0.05, 0) is 37.5 Å². The van der Waals surface area contributed by atoms with Crippen molar-refractivity contribution in [2.24, 2.45) is 22.7 Å². The average molecular weight is 252 g/mol. The molecule has 0 aromatic heterocycles. The Bertz CT molecular complexity index is 274. The molecule has 1 heterocycles. The van der Waals surface area contributed by atoms with Gasteiger partial charge in [0.05, 0.1) is 6.04 Å². The molecule has 4 heteroatoms. The minimum Gasteiger partial charge on any atom is -0.342 e. The molecular weight excluding hydrogens is 224 g/mol. The summed E-state index contributed by atoms with van der Waals surface area (Å²) in [5, 5.41) is 0. The summed E-state index contributed by atoms with van der Waals surface area (Å²) >= 11 is 0. The monoisotopic (exact) mass is 252 g/mol. The van der Waals surface area contributed by atoms with E-state index in [0.29, 0.717) is 6.04 Å². The van der Waals surface area contributed by atoms with E-state index in [4.69, 9.17) is 10.8 Å². The molecule has 0 atom stereocenters. The van der Waals surface area contributed by atoms with Crippen molar-refractivity contribution in [3.63, 3.8) is 0 Å². The highest BCUT2D eigenvalue weighted by molar-refractivity contribution is 5.79. The van der Waals surface area contributed by atoms with Crippen LogP contribution in [0.25, 0.3) is 0 Å². The first-order valence-electron chi connectivity index (χ1n) is 7.50. The fourth-order valence-electron chi connectivity index (χ4n) is 3.19. The van der Waals surface area contributed by atoms with E-state index >= 15 is 0 Å². The SMILES string of the molecule is CC(C)C1CCN(C(=NC2CCCC2)NN)CC1. The van der Waals surface area contributed by atoms with Crippen LogP contribution in [0.2, 0.25) is 0 Å². The first-order valence-corrected chi connectivity index (χ1v) is 7.50. The molecule has 18 heavy (non-hydrogen) atoms. The third-order valence-corrected chi connectivity index (χ3v) is 4.54. The van der Waals surface area contributed by atoms with Crippen molar-refractivity contribution in [3.05, 3.63) is 0 Å². The maximum absolute atomic E-state index is 5.65. The molecule has 2 rings (SSSR count). The van der Waals surface area contributed by atoms with Crippen molar-refractivity contribution >= 4 is 5.96 Å². The average Bonchev–Trinajstić information content (AvgIpc) is 2.89. The molecule has 0 spiro atoms. The van der Waals surface area contributed by atoms with Crippen molar-refractivity contribution < 1.29 is 0 Å². The number of rotatable bonds is 2. The molecule has 2 aliphatic rings. The second-order valence-electron chi connectivity index (χ2n) is 6.10. The minimum absolute atomic E-state index is 0.499. The molecule has 1 aliphatic carbocycles. The van der Waals surface area contributed by atoms with Crippen molar-refractivity contribution in [3.8, 4) is 0 Å². The van der Waals surface area contributed by atoms with Gasteiger partial charge in [0.25, 0.3) is 0 Å². The summed E-state index contributed by atoms with van der Waals surface area (Å²) < 4.78 is 0. The Balaban J connectivity index is 1.89. The molecule has 2 fully saturated rings. The standard InChI is InChI=1S/C14H28N4/c1-11(2)12-7-9-18(10-8-12)14(17-15)16-13-5-3-4-6-13/h11-13H,3-10,15H2,1-2H3,(H,16,17). The Hall–Kier alpha value is -0.770. The molecule has 1 saturated heterocycles. The van der Waals surface area contributed by atoms with Gasteiger partial charge in [0, 0.05) is 13.1 Å². The van der Waals surface area contributed by atoms with Crippen LogP contribution in [-0.4, -0.2) is 30.0 Å². The van der Waals surface area contributed by atoms with Gasteiger partial charge in [-0.2, -0.15) is 0 Å². The second kappa shape index (κ2) is 6.41. The van der Waals surface area contributed by atoms with Gasteiger partial charge in [-0.1, -0.05) is 26.7 Å². The van der Waals surface area contributed by atoms with E-state index in [1.807, 2.05) is 0 Å². The van der Waals surface area contributed by atoms with Crippen LogP contribution in [0.15, 0.2) is 4.99 Å². The summed E-state index contributed by atoms with van der Waals surface area (Å²) in [6.45, 7) is 6.85. The lowest BCUT2D eigenvalue weighted by Crippen LogP contribution is -2.49. The van der Waals surface area contributed by atoms with Gasteiger partial charge in [-0.25, -0.2) is 10.8 Å². The van der Waals surface area contributed by atoms with Gasteiger partial charge in [0.1, 0.15) is 0 Å². The Morgan fingerprint density at radius 1 is 1.17 bits per heavy atom. The van der Waals surface area contributed by atoms with Gasteiger partial charge in [-0.3, -0.25) is 5.43 Å². The smallest absolute Gasteiger partial charge is 0.208 e. The van der Waals surface area contributed by atoms with Crippen molar-refractivity contribution in [2.45, 2.75) is 58.4 Å². The summed E-state index contributed by atoms with van der Waals surface area (Å²) in [6.07, 6.45) is 7.64. The van der Waals surface area contributed by atoms with Gasteiger partial charge in [0.15, 0.2) is 0 Å². The summed E-state index contributed by atoms with van der Waals surface area (Å²) in [5.41, 5.74) is 2.82. The number of piperidine rings is 1. The van der Waals surface area contributed by atoms with Crippen molar-refractivity contribution in [1.82, 2.24) is 10.3 Å². The number of nitrogens with zero attached hydrogens (tertiary/aromatic N) is 2. The number of guanidine groups is 1. The Labute approximate surface area is 111 Å². The highest BCUT2D eigenvalue weighted by Crippen LogP contribution is 2.25. The van der Waals surface area contributed by atoms with Crippen LogP contribution in [0.4, 0.5) is 0 Å². The maximum Gasteiger partial charge on any atom is 0.208 e.